The molecular weight excluding hydrogens is 257 g/mol. The molecule has 1 aromatic rings. The van der Waals surface area contributed by atoms with Gasteiger partial charge in [0.25, 0.3) is 0 Å². The Kier molecular flexibility index (Phi) is 9.71. The molecule has 0 bridgehead atoms. The van der Waals surface area contributed by atoms with Crippen LogP contribution in [0.3, 0.4) is 0 Å². The molecule has 0 aliphatic heterocycles. The number of hydrogen-bond acceptors (Lipinski definition) is 3. The van der Waals surface area contributed by atoms with Gasteiger partial charge in [-0.3, -0.25) is 0 Å². The van der Waals surface area contributed by atoms with Crippen molar-refractivity contribution >= 4 is 26.1 Å². The summed E-state index contributed by atoms with van der Waals surface area (Å²) in [5, 5.41) is 1.12. The van der Waals surface area contributed by atoms with Gasteiger partial charge in [-0.15, -0.1) is 12.4 Å². The molecule has 0 atom stereocenters. The summed E-state index contributed by atoms with van der Waals surface area (Å²) < 4.78 is 11.2. The molecular formula is C12H21ClNO2P. The van der Waals surface area contributed by atoms with Crippen LogP contribution in [0.15, 0.2) is 24.3 Å². The van der Waals surface area contributed by atoms with Gasteiger partial charge in [0.2, 0.25) is 8.38 Å². The summed E-state index contributed by atoms with van der Waals surface area (Å²) in [6, 6.07) is 8.33. The lowest BCUT2D eigenvalue weighted by Gasteiger charge is -2.15. The summed E-state index contributed by atoms with van der Waals surface area (Å²) in [6.45, 7) is 6.01. The number of benzene rings is 1. The lowest BCUT2D eigenvalue weighted by molar-refractivity contribution is 0.277. The van der Waals surface area contributed by atoms with Crippen molar-refractivity contribution in [1.82, 2.24) is 0 Å². The molecule has 0 saturated carbocycles. The molecule has 0 aliphatic rings. The van der Waals surface area contributed by atoms with E-state index in [2.05, 4.69) is 24.3 Å². The molecule has 0 radical (unpaired) electrons. The van der Waals surface area contributed by atoms with E-state index < -0.39 is 8.38 Å². The molecule has 1 aromatic carbocycles. The maximum Gasteiger partial charge on any atom is 0.205 e. The fourth-order valence-electron chi connectivity index (χ4n) is 1.37. The molecule has 0 fully saturated rings. The topological polar surface area (TPSA) is 44.5 Å². The first-order valence-corrected chi connectivity index (χ1v) is 6.84. The number of nitrogens with two attached hydrogens (primary N) is 1. The van der Waals surface area contributed by atoms with Gasteiger partial charge in [-0.25, -0.2) is 0 Å². The minimum Gasteiger partial charge on any atom is -0.331 e. The third-order valence-corrected chi connectivity index (χ3v) is 3.78. The molecule has 0 aromatic heterocycles. The van der Waals surface area contributed by atoms with E-state index in [1.807, 2.05) is 13.8 Å². The maximum atomic E-state index is 5.59. The van der Waals surface area contributed by atoms with E-state index in [1.54, 1.807) is 0 Å². The minimum atomic E-state index is -0.909. The van der Waals surface area contributed by atoms with Gasteiger partial charge in [0.15, 0.2) is 0 Å². The summed E-state index contributed by atoms with van der Waals surface area (Å²) in [4.78, 5) is 0. The molecule has 0 unspecified atom stereocenters. The molecule has 98 valence electrons. The van der Waals surface area contributed by atoms with Crippen LogP contribution in [-0.4, -0.2) is 19.8 Å². The Bertz CT molecular complexity index is 289. The Morgan fingerprint density at radius 2 is 1.59 bits per heavy atom. The van der Waals surface area contributed by atoms with Crippen molar-refractivity contribution in [3.63, 3.8) is 0 Å². The zero-order valence-electron chi connectivity index (χ0n) is 10.4. The second-order valence-electron chi connectivity index (χ2n) is 3.30. The van der Waals surface area contributed by atoms with Gasteiger partial charge >= 0.3 is 0 Å². The molecule has 3 nitrogen and oxygen atoms in total. The summed E-state index contributed by atoms with van der Waals surface area (Å²) in [5.74, 6) is 0. The van der Waals surface area contributed by atoms with Crippen LogP contribution >= 0.6 is 20.8 Å². The maximum absolute atomic E-state index is 5.59. The summed E-state index contributed by atoms with van der Waals surface area (Å²) in [5.41, 5.74) is 6.77. The van der Waals surface area contributed by atoms with Gasteiger partial charge in [0.05, 0.1) is 13.2 Å². The van der Waals surface area contributed by atoms with Crippen LogP contribution in [0.25, 0.3) is 0 Å². The minimum absolute atomic E-state index is 0. The normalized spacial score (nSPS) is 10.4. The second kappa shape index (κ2) is 9.81. The second-order valence-corrected chi connectivity index (χ2v) is 4.84. The zero-order valence-corrected chi connectivity index (χ0v) is 12.1. The zero-order chi connectivity index (χ0) is 11.8. The van der Waals surface area contributed by atoms with Gasteiger partial charge in [0.1, 0.15) is 0 Å². The molecule has 5 heteroatoms. The third-order valence-electron chi connectivity index (χ3n) is 2.07. The van der Waals surface area contributed by atoms with Gasteiger partial charge in [-0.2, -0.15) is 0 Å². The van der Waals surface area contributed by atoms with Crippen molar-refractivity contribution in [3.05, 3.63) is 29.8 Å². The average Bonchev–Trinajstić information content (AvgIpc) is 2.30. The summed E-state index contributed by atoms with van der Waals surface area (Å²) in [7, 11) is -0.909. The highest BCUT2D eigenvalue weighted by molar-refractivity contribution is 7.56. The third kappa shape index (κ3) is 5.80. The Labute approximate surface area is 111 Å². The quantitative estimate of drug-likeness (QED) is 0.779. The predicted octanol–water partition coefficient (Wildman–Crippen LogP) is 2.62. The molecule has 0 spiro atoms. The van der Waals surface area contributed by atoms with Gasteiger partial charge in [0, 0.05) is 5.30 Å². The largest absolute Gasteiger partial charge is 0.331 e. The van der Waals surface area contributed by atoms with Gasteiger partial charge in [-0.1, -0.05) is 12.1 Å². The molecule has 17 heavy (non-hydrogen) atoms. The van der Waals surface area contributed by atoms with E-state index in [-0.39, 0.29) is 12.4 Å². The smallest absolute Gasteiger partial charge is 0.205 e. The van der Waals surface area contributed by atoms with E-state index in [4.69, 9.17) is 14.8 Å². The van der Waals surface area contributed by atoms with Crippen molar-refractivity contribution in [3.8, 4) is 0 Å². The van der Waals surface area contributed by atoms with Crippen LogP contribution in [-0.2, 0) is 15.5 Å². The van der Waals surface area contributed by atoms with E-state index in [9.17, 15) is 0 Å². The first-order chi connectivity index (χ1) is 7.81. The van der Waals surface area contributed by atoms with E-state index in [1.165, 1.54) is 5.56 Å². The van der Waals surface area contributed by atoms with E-state index >= 15 is 0 Å². The van der Waals surface area contributed by atoms with E-state index in [0.29, 0.717) is 19.8 Å². The fourth-order valence-corrected chi connectivity index (χ4v) is 2.61. The van der Waals surface area contributed by atoms with Crippen molar-refractivity contribution < 1.29 is 9.05 Å². The Morgan fingerprint density at radius 1 is 1.06 bits per heavy atom. The number of halogens is 1. The molecule has 0 saturated heterocycles. The Balaban J connectivity index is 0.00000256. The monoisotopic (exact) mass is 277 g/mol. The number of hydrogen-bond donors (Lipinski definition) is 1. The summed E-state index contributed by atoms with van der Waals surface area (Å²) in [6.07, 6.45) is 0.918. The lowest BCUT2D eigenvalue weighted by Crippen LogP contribution is -2.08. The highest BCUT2D eigenvalue weighted by Crippen LogP contribution is 2.36. The first kappa shape index (κ1) is 16.8. The Morgan fingerprint density at radius 3 is 2.00 bits per heavy atom. The van der Waals surface area contributed by atoms with Crippen molar-refractivity contribution in [2.45, 2.75) is 20.3 Å². The molecule has 1 rings (SSSR count). The van der Waals surface area contributed by atoms with Crippen LogP contribution < -0.4 is 11.0 Å². The average molecular weight is 278 g/mol. The van der Waals surface area contributed by atoms with E-state index in [0.717, 1.165) is 11.7 Å². The molecule has 0 heterocycles. The predicted molar refractivity (Wildman–Crippen MR) is 76.3 cm³/mol. The summed E-state index contributed by atoms with van der Waals surface area (Å²) >= 11 is 0. The van der Waals surface area contributed by atoms with Crippen molar-refractivity contribution in [2.75, 3.05) is 19.8 Å². The van der Waals surface area contributed by atoms with Crippen LogP contribution in [0, 0.1) is 0 Å². The van der Waals surface area contributed by atoms with Gasteiger partial charge in [-0.05, 0) is 44.5 Å². The van der Waals surface area contributed by atoms with Crippen LogP contribution in [0.5, 0.6) is 0 Å². The molecule has 0 aliphatic carbocycles. The lowest BCUT2D eigenvalue weighted by atomic mass is 10.2. The number of rotatable bonds is 7. The molecule has 0 amide bonds. The highest BCUT2D eigenvalue weighted by atomic mass is 35.5. The van der Waals surface area contributed by atoms with Crippen LogP contribution in [0.1, 0.15) is 19.4 Å². The standard InChI is InChI=1S/C12H20NO2P.ClH/c1-3-14-16(15-4-2)12-7-5-11(6-8-12)9-10-13;/h5-8H,3-4,9-10,13H2,1-2H3;1H. The highest BCUT2D eigenvalue weighted by Gasteiger charge is 2.11. The fraction of sp³-hybridized carbons (Fsp3) is 0.500. The van der Waals surface area contributed by atoms with Crippen molar-refractivity contribution in [1.29, 1.82) is 0 Å². The van der Waals surface area contributed by atoms with Crippen LogP contribution in [0.4, 0.5) is 0 Å². The Hall–Kier alpha value is -0.180. The van der Waals surface area contributed by atoms with Crippen LogP contribution in [0.2, 0.25) is 0 Å². The van der Waals surface area contributed by atoms with Crippen molar-refractivity contribution in [2.24, 2.45) is 5.73 Å². The van der Waals surface area contributed by atoms with Gasteiger partial charge < -0.3 is 14.8 Å². The SMILES string of the molecule is CCOP(OCC)c1ccc(CCN)cc1.Cl. The molecule has 2 N–H and O–H groups in total. The first-order valence-electron chi connectivity index (χ1n) is 5.66.